The normalized spacial score (nSPS) is 17.0. The van der Waals surface area contributed by atoms with E-state index in [2.05, 4.69) is 0 Å². The van der Waals surface area contributed by atoms with E-state index in [9.17, 15) is 14.4 Å². The van der Waals surface area contributed by atoms with E-state index < -0.39 is 5.97 Å². The lowest BCUT2D eigenvalue weighted by atomic mass is 9.94. The Balaban J connectivity index is 1.65. The van der Waals surface area contributed by atoms with Gasteiger partial charge in [0.05, 0.1) is 17.4 Å². The zero-order valence-electron chi connectivity index (χ0n) is 19.8. The summed E-state index contributed by atoms with van der Waals surface area (Å²) in [6.07, 6.45) is 5.26. The van der Waals surface area contributed by atoms with Crippen molar-refractivity contribution in [3.8, 4) is 0 Å². The average Bonchev–Trinajstić information content (AvgIpc) is 3.08. The highest BCUT2D eigenvalue weighted by atomic mass is 32.2. The van der Waals surface area contributed by atoms with Crippen molar-refractivity contribution in [2.24, 2.45) is 0 Å². The summed E-state index contributed by atoms with van der Waals surface area (Å²) in [4.78, 5) is 44.0. The Morgan fingerprint density at radius 1 is 0.971 bits per heavy atom. The Labute approximate surface area is 205 Å². The predicted molar refractivity (Wildman–Crippen MR) is 133 cm³/mol. The van der Waals surface area contributed by atoms with Gasteiger partial charge in [-0.3, -0.25) is 9.59 Å². The topological polar surface area (TPSA) is 66.9 Å². The molecule has 2 amide bonds. The number of amides is 2. The molecule has 4 rings (SSSR count). The van der Waals surface area contributed by atoms with Gasteiger partial charge in [0.15, 0.2) is 0 Å². The van der Waals surface area contributed by atoms with Crippen molar-refractivity contribution in [1.29, 1.82) is 0 Å². The summed E-state index contributed by atoms with van der Waals surface area (Å²) in [5, 5.41) is 0. The maximum atomic E-state index is 13.7. The van der Waals surface area contributed by atoms with Crippen molar-refractivity contribution in [2.75, 3.05) is 11.9 Å². The second-order valence-electron chi connectivity index (χ2n) is 8.94. The molecule has 0 saturated heterocycles. The zero-order chi connectivity index (χ0) is 24.2. The van der Waals surface area contributed by atoms with Crippen LogP contribution in [0.15, 0.2) is 70.1 Å². The molecule has 2 aromatic carbocycles. The third kappa shape index (κ3) is 5.04. The molecule has 0 N–H and O–H groups in total. The standard InChI is InChI=1S/C27H30N2O4S/c1-18(2)33-27(32)19-14-16-21(17-15-19)29-25(30)23(28(3)20-10-6-4-7-11-20)24(26(29)31)34-22-12-8-5-9-13-22/h5,8-9,12-18,20H,4,6-7,10-11H2,1-3H3. The van der Waals surface area contributed by atoms with Crippen LogP contribution in [0.4, 0.5) is 5.69 Å². The number of hydrogen-bond donors (Lipinski definition) is 0. The van der Waals surface area contributed by atoms with Gasteiger partial charge < -0.3 is 9.64 Å². The number of rotatable bonds is 7. The fraction of sp³-hybridized carbons (Fsp3) is 0.370. The minimum Gasteiger partial charge on any atom is -0.459 e. The van der Waals surface area contributed by atoms with Crippen LogP contribution in [0.25, 0.3) is 0 Å². The number of ether oxygens (including phenoxy) is 1. The minimum atomic E-state index is -0.434. The quantitative estimate of drug-likeness (QED) is 0.392. The highest BCUT2D eigenvalue weighted by Gasteiger charge is 2.43. The number of likely N-dealkylation sites (N-methyl/N-ethyl adjacent to an activating group) is 1. The molecule has 1 saturated carbocycles. The highest BCUT2D eigenvalue weighted by molar-refractivity contribution is 8.04. The number of imide groups is 1. The number of nitrogens with zero attached hydrogens (tertiary/aromatic N) is 2. The second kappa shape index (κ2) is 10.5. The summed E-state index contributed by atoms with van der Waals surface area (Å²) in [6, 6.07) is 16.3. The summed E-state index contributed by atoms with van der Waals surface area (Å²) in [6.45, 7) is 3.57. The summed E-state index contributed by atoms with van der Waals surface area (Å²) in [7, 11) is 1.93. The number of benzene rings is 2. The number of anilines is 1. The first-order chi connectivity index (χ1) is 16.4. The average molecular weight is 479 g/mol. The van der Waals surface area contributed by atoms with Crippen LogP contribution in [0.1, 0.15) is 56.3 Å². The Morgan fingerprint density at radius 2 is 1.62 bits per heavy atom. The van der Waals surface area contributed by atoms with Crippen LogP contribution in [0.3, 0.4) is 0 Å². The van der Waals surface area contributed by atoms with Gasteiger partial charge >= 0.3 is 5.97 Å². The van der Waals surface area contributed by atoms with Gasteiger partial charge in [-0.25, -0.2) is 9.69 Å². The maximum Gasteiger partial charge on any atom is 0.338 e. The van der Waals surface area contributed by atoms with Gasteiger partial charge in [0.25, 0.3) is 11.8 Å². The van der Waals surface area contributed by atoms with Gasteiger partial charge in [0.2, 0.25) is 0 Å². The fourth-order valence-electron chi connectivity index (χ4n) is 4.42. The van der Waals surface area contributed by atoms with E-state index in [1.165, 1.54) is 23.1 Å². The molecular weight excluding hydrogens is 448 g/mol. The molecule has 2 aromatic rings. The minimum absolute atomic E-state index is 0.228. The van der Waals surface area contributed by atoms with Crippen molar-refractivity contribution in [3.63, 3.8) is 0 Å². The molecular formula is C27H30N2O4S. The molecule has 2 aliphatic rings. The summed E-state index contributed by atoms with van der Waals surface area (Å²) < 4.78 is 5.24. The van der Waals surface area contributed by atoms with E-state index in [0.717, 1.165) is 30.6 Å². The molecule has 0 radical (unpaired) electrons. The van der Waals surface area contributed by atoms with Crippen LogP contribution < -0.4 is 4.90 Å². The van der Waals surface area contributed by atoms with Gasteiger partial charge in [-0.15, -0.1) is 0 Å². The lowest BCUT2D eigenvalue weighted by Gasteiger charge is -2.33. The Hall–Kier alpha value is -3.06. The molecule has 34 heavy (non-hydrogen) atoms. The number of esters is 1. The second-order valence-corrected chi connectivity index (χ2v) is 10.0. The molecule has 0 spiro atoms. The maximum absolute atomic E-state index is 13.7. The van der Waals surface area contributed by atoms with Gasteiger partial charge in [-0.05, 0) is 63.1 Å². The SMILES string of the molecule is CC(C)OC(=O)c1ccc(N2C(=O)C(Sc3ccccc3)=C(N(C)C3CCCCC3)C2=O)cc1. The lowest BCUT2D eigenvalue weighted by Crippen LogP contribution is -2.38. The van der Waals surface area contributed by atoms with Gasteiger partial charge in [-0.2, -0.15) is 0 Å². The summed E-state index contributed by atoms with van der Waals surface area (Å²) >= 11 is 1.33. The van der Waals surface area contributed by atoms with Crippen LogP contribution in [-0.4, -0.2) is 41.9 Å². The van der Waals surface area contributed by atoms with Crippen molar-refractivity contribution < 1.29 is 19.1 Å². The monoisotopic (exact) mass is 478 g/mol. The summed E-state index contributed by atoms with van der Waals surface area (Å²) in [5.74, 6) is -1.10. The highest BCUT2D eigenvalue weighted by Crippen LogP contribution is 2.40. The molecule has 1 fully saturated rings. The van der Waals surface area contributed by atoms with Gasteiger partial charge in [0.1, 0.15) is 10.6 Å². The Morgan fingerprint density at radius 3 is 2.24 bits per heavy atom. The molecule has 178 valence electrons. The summed E-state index contributed by atoms with van der Waals surface area (Å²) in [5.41, 5.74) is 1.27. The van der Waals surface area contributed by atoms with E-state index in [-0.39, 0.29) is 24.0 Å². The molecule has 1 heterocycles. The van der Waals surface area contributed by atoms with Crippen LogP contribution >= 0.6 is 11.8 Å². The number of carbonyl (C=O) groups is 3. The number of thioether (sulfide) groups is 1. The molecule has 0 aromatic heterocycles. The van der Waals surface area contributed by atoms with Crippen LogP contribution in [0.2, 0.25) is 0 Å². The smallest absolute Gasteiger partial charge is 0.338 e. The van der Waals surface area contributed by atoms with E-state index in [4.69, 9.17) is 4.74 Å². The number of carbonyl (C=O) groups excluding carboxylic acids is 3. The molecule has 0 bridgehead atoms. The zero-order valence-corrected chi connectivity index (χ0v) is 20.6. The Kier molecular flexibility index (Phi) is 7.41. The predicted octanol–water partition coefficient (Wildman–Crippen LogP) is 5.39. The Bertz CT molecular complexity index is 1090. The first kappa shape index (κ1) is 24.1. The first-order valence-electron chi connectivity index (χ1n) is 11.8. The van der Waals surface area contributed by atoms with Crippen molar-refractivity contribution in [2.45, 2.75) is 63.0 Å². The van der Waals surface area contributed by atoms with Gasteiger partial charge in [-0.1, -0.05) is 49.2 Å². The largest absolute Gasteiger partial charge is 0.459 e. The molecule has 1 aliphatic carbocycles. The molecule has 1 aliphatic heterocycles. The van der Waals surface area contributed by atoms with E-state index in [1.54, 1.807) is 38.1 Å². The fourth-order valence-corrected chi connectivity index (χ4v) is 5.46. The van der Waals surface area contributed by atoms with Crippen molar-refractivity contribution in [3.05, 3.63) is 70.8 Å². The number of hydrogen-bond acceptors (Lipinski definition) is 6. The van der Waals surface area contributed by atoms with E-state index >= 15 is 0 Å². The van der Waals surface area contributed by atoms with Gasteiger partial charge in [0, 0.05) is 18.0 Å². The van der Waals surface area contributed by atoms with Crippen molar-refractivity contribution in [1.82, 2.24) is 4.90 Å². The molecule has 0 atom stereocenters. The van der Waals surface area contributed by atoms with E-state index in [0.29, 0.717) is 21.9 Å². The van der Waals surface area contributed by atoms with Crippen molar-refractivity contribution >= 4 is 35.2 Å². The third-order valence-electron chi connectivity index (χ3n) is 6.16. The molecule has 0 unspecified atom stereocenters. The first-order valence-corrected chi connectivity index (χ1v) is 12.6. The third-order valence-corrected chi connectivity index (χ3v) is 7.24. The lowest BCUT2D eigenvalue weighted by molar-refractivity contribution is -0.121. The van der Waals surface area contributed by atoms with Crippen LogP contribution in [-0.2, 0) is 14.3 Å². The molecule has 6 nitrogen and oxygen atoms in total. The van der Waals surface area contributed by atoms with E-state index in [1.807, 2.05) is 42.3 Å². The molecule has 7 heteroatoms. The van der Waals surface area contributed by atoms with Crippen LogP contribution in [0.5, 0.6) is 0 Å². The van der Waals surface area contributed by atoms with Crippen LogP contribution in [0, 0.1) is 0 Å².